The first-order valence-corrected chi connectivity index (χ1v) is 7.14. The summed E-state index contributed by atoms with van der Waals surface area (Å²) in [5.74, 6) is -0.351. The molecule has 2 bridgehead atoms. The molecule has 2 heterocycles. The highest BCUT2D eigenvalue weighted by Gasteiger charge is 2.53. The minimum Gasteiger partial charge on any atom is -0.481 e. The third-order valence-corrected chi connectivity index (χ3v) is 5.12. The maximum absolute atomic E-state index is 11.0. The molecular weight excluding hydrogens is 238 g/mol. The summed E-state index contributed by atoms with van der Waals surface area (Å²) in [5, 5.41) is 9.02. The van der Waals surface area contributed by atoms with Gasteiger partial charge in [-0.15, -0.1) is 0 Å². The Bertz CT molecular complexity index is 415. The third kappa shape index (κ3) is 2.36. The van der Waals surface area contributed by atoms with Crippen LogP contribution in [0.25, 0.3) is 0 Å². The van der Waals surface area contributed by atoms with Crippen LogP contribution in [-0.2, 0) is 4.79 Å². The van der Waals surface area contributed by atoms with Crippen molar-refractivity contribution in [1.29, 1.82) is 0 Å². The number of carboxylic acids is 1. The Labute approximate surface area is 116 Å². The van der Waals surface area contributed by atoms with Gasteiger partial charge in [0, 0.05) is 23.9 Å². The third-order valence-electron chi connectivity index (χ3n) is 5.12. The number of rotatable bonds is 4. The van der Waals surface area contributed by atoms with Gasteiger partial charge in [-0.25, -0.2) is 0 Å². The van der Waals surface area contributed by atoms with E-state index in [1.807, 2.05) is 0 Å². The summed E-state index contributed by atoms with van der Waals surface area (Å²) in [6.45, 7) is 8.38. The first kappa shape index (κ1) is 14.3. The summed E-state index contributed by atoms with van der Waals surface area (Å²) in [5.41, 5.74) is 1.25. The van der Waals surface area contributed by atoms with Gasteiger partial charge in [-0.2, -0.15) is 0 Å². The molecule has 0 aromatic rings. The van der Waals surface area contributed by atoms with Crippen LogP contribution < -0.4 is 0 Å². The number of nitrogens with zero attached hydrogens (tertiary/aromatic N) is 1. The van der Waals surface area contributed by atoms with E-state index in [9.17, 15) is 4.79 Å². The lowest BCUT2D eigenvalue weighted by molar-refractivity contribution is -0.138. The molecule has 2 rings (SSSR count). The van der Waals surface area contributed by atoms with Gasteiger partial charge in [0.25, 0.3) is 0 Å². The van der Waals surface area contributed by atoms with Crippen molar-refractivity contribution in [2.24, 2.45) is 11.3 Å². The van der Waals surface area contributed by atoms with Crippen molar-refractivity contribution >= 4 is 5.97 Å². The van der Waals surface area contributed by atoms with E-state index in [0.717, 1.165) is 19.3 Å². The van der Waals surface area contributed by atoms with Crippen LogP contribution in [-0.4, -0.2) is 35.1 Å². The van der Waals surface area contributed by atoms with E-state index < -0.39 is 5.97 Å². The summed E-state index contributed by atoms with van der Waals surface area (Å²) in [7, 11) is 2.18. The Morgan fingerprint density at radius 2 is 2.21 bits per heavy atom. The van der Waals surface area contributed by atoms with E-state index in [4.69, 9.17) is 5.11 Å². The molecule has 2 saturated heterocycles. The first-order chi connectivity index (χ1) is 8.90. The molecule has 0 radical (unpaired) electrons. The molecule has 2 fully saturated rings. The van der Waals surface area contributed by atoms with Crippen molar-refractivity contribution in [3.05, 3.63) is 24.3 Å². The summed E-state index contributed by atoms with van der Waals surface area (Å²) >= 11 is 0. The van der Waals surface area contributed by atoms with Gasteiger partial charge in [0.1, 0.15) is 0 Å². The zero-order valence-corrected chi connectivity index (χ0v) is 12.2. The average molecular weight is 263 g/mol. The van der Waals surface area contributed by atoms with Crippen LogP contribution in [0, 0.1) is 11.3 Å². The van der Waals surface area contributed by atoms with Crippen LogP contribution in [0.2, 0.25) is 0 Å². The number of carbonyl (C=O) groups is 1. The maximum Gasteiger partial charge on any atom is 0.303 e. The second kappa shape index (κ2) is 5.12. The SMILES string of the molecule is C=C(C)C1(/C=C/C)CC2C[C@H](CC(=O)O)C[C@@H]1N2C. The highest BCUT2D eigenvalue weighted by atomic mass is 16.4. The molecule has 106 valence electrons. The minimum absolute atomic E-state index is 0.0431. The molecular formula is C16H25NO2. The van der Waals surface area contributed by atoms with Crippen LogP contribution >= 0.6 is 0 Å². The predicted molar refractivity (Wildman–Crippen MR) is 77.0 cm³/mol. The first-order valence-electron chi connectivity index (χ1n) is 7.14. The van der Waals surface area contributed by atoms with E-state index in [1.165, 1.54) is 5.57 Å². The van der Waals surface area contributed by atoms with Crippen molar-refractivity contribution in [2.45, 2.75) is 51.6 Å². The smallest absolute Gasteiger partial charge is 0.303 e. The fraction of sp³-hybridized carbons (Fsp3) is 0.688. The molecule has 0 amide bonds. The molecule has 2 aliphatic rings. The lowest BCUT2D eigenvalue weighted by atomic mass is 9.73. The van der Waals surface area contributed by atoms with Gasteiger partial charge < -0.3 is 5.11 Å². The van der Waals surface area contributed by atoms with Gasteiger partial charge >= 0.3 is 5.97 Å². The highest BCUT2D eigenvalue weighted by molar-refractivity contribution is 5.67. The summed E-state index contributed by atoms with van der Waals surface area (Å²) in [4.78, 5) is 13.4. The number of allylic oxidation sites excluding steroid dienone is 1. The van der Waals surface area contributed by atoms with Crippen LogP contribution in [0.15, 0.2) is 24.3 Å². The monoisotopic (exact) mass is 263 g/mol. The molecule has 4 atom stereocenters. The standard InChI is InChI=1S/C16H25NO2/c1-5-6-16(11(2)3)10-13-7-12(9-15(18)19)8-14(16)17(13)4/h5-6,12-14H,2,7-10H2,1,3-4H3,(H,18,19)/b6-5+/t12-,13?,14-,16?/m0/s1. The van der Waals surface area contributed by atoms with Crippen LogP contribution in [0.1, 0.15) is 39.5 Å². The molecule has 3 heteroatoms. The number of aliphatic carboxylic acids is 1. The molecule has 2 unspecified atom stereocenters. The molecule has 0 spiro atoms. The Morgan fingerprint density at radius 1 is 1.53 bits per heavy atom. The maximum atomic E-state index is 11.0. The second-order valence-electron chi connectivity index (χ2n) is 6.30. The van der Waals surface area contributed by atoms with Crippen LogP contribution in [0.5, 0.6) is 0 Å². The van der Waals surface area contributed by atoms with Gasteiger partial charge in [-0.3, -0.25) is 9.69 Å². The molecule has 3 nitrogen and oxygen atoms in total. The molecule has 0 saturated carbocycles. The Balaban J connectivity index is 2.27. The summed E-state index contributed by atoms with van der Waals surface area (Å²) in [6, 6.07) is 0.903. The van der Waals surface area contributed by atoms with E-state index >= 15 is 0 Å². The largest absolute Gasteiger partial charge is 0.481 e. The average Bonchev–Trinajstić information content (AvgIpc) is 2.47. The van der Waals surface area contributed by atoms with E-state index in [0.29, 0.717) is 24.4 Å². The Hall–Kier alpha value is -1.09. The van der Waals surface area contributed by atoms with Crippen molar-refractivity contribution in [3.8, 4) is 0 Å². The summed E-state index contributed by atoms with van der Waals surface area (Å²) in [6.07, 6.45) is 7.78. The van der Waals surface area contributed by atoms with Crippen molar-refractivity contribution in [2.75, 3.05) is 7.05 Å². The number of hydrogen-bond acceptors (Lipinski definition) is 2. The molecule has 0 aromatic heterocycles. The molecule has 0 aromatic carbocycles. The number of piperidine rings is 1. The Morgan fingerprint density at radius 3 is 2.74 bits per heavy atom. The lowest BCUT2D eigenvalue weighted by Gasteiger charge is -2.40. The van der Waals surface area contributed by atoms with Crippen molar-refractivity contribution in [3.63, 3.8) is 0 Å². The highest BCUT2D eigenvalue weighted by Crippen LogP contribution is 2.53. The van der Waals surface area contributed by atoms with E-state index in [2.05, 4.69) is 44.5 Å². The normalized spacial score (nSPS) is 38.8. The van der Waals surface area contributed by atoms with E-state index in [-0.39, 0.29) is 5.41 Å². The molecule has 0 aliphatic carbocycles. The van der Waals surface area contributed by atoms with Gasteiger partial charge in [-0.1, -0.05) is 24.3 Å². The second-order valence-corrected chi connectivity index (χ2v) is 6.30. The topological polar surface area (TPSA) is 40.5 Å². The zero-order chi connectivity index (χ0) is 14.2. The summed E-state index contributed by atoms with van der Waals surface area (Å²) < 4.78 is 0. The Kier molecular flexibility index (Phi) is 3.86. The van der Waals surface area contributed by atoms with Gasteiger partial charge in [-0.05, 0) is 46.1 Å². The predicted octanol–water partition coefficient (Wildman–Crippen LogP) is 3.08. The fourth-order valence-electron chi connectivity index (χ4n) is 4.20. The van der Waals surface area contributed by atoms with Gasteiger partial charge in [0.2, 0.25) is 0 Å². The number of fused-ring (bicyclic) bond motifs is 2. The van der Waals surface area contributed by atoms with Gasteiger partial charge in [0.15, 0.2) is 0 Å². The van der Waals surface area contributed by atoms with Gasteiger partial charge in [0.05, 0.1) is 0 Å². The quantitative estimate of drug-likeness (QED) is 0.792. The lowest BCUT2D eigenvalue weighted by Crippen LogP contribution is -2.44. The minimum atomic E-state index is -0.666. The van der Waals surface area contributed by atoms with E-state index in [1.54, 1.807) is 0 Å². The van der Waals surface area contributed by atoms with Crippen molar-refractivity contribution in [1.82, 2.24) is 4.90 Å². The zero-order valence-electron chi connectivity index (χ0n) is 12.2. The fourth-order valence-corrected chi connectivity index (χ4v) is 4.20. The van der Waals surface area contributed by atoms with Crippen LogP contribution in [0.4, 0.5) is 0 Å². The molecule has 2 aliphatic heterocycles. The number of hydrogen-bond donors (Lipinski definition) is 1. The molecule has 1 N–H and O–H groups in total. The number of carboxylic acid groups (broad SMARTS) is 1. The molecule has 19 heavy (non-hydrogen) atoms. The van der Waals surface area contributed by atoms with Crippen LogP contribution in [0.3, 0.4) is 0 Å². The van der Waals surface area contributed by atoms with Crippen molar-refractivity contribution < 1.29 is 9.90 Å².